The maximum atomic E-state index is 5.82. The molecule has 0 aliphatic carbocycles. The van der Waals surface area contributed by atoms with Gasteiger partial charge in [-0.25, -0.2) is 0 Å². The molecule has 0 aromatic heterocycles. The van der Waals surface area contributed by atoms with E-state index >= 15 is 0 Å². The zero-order valence-electron chi connectivity index (χ0n) is 13.9. The minimum absolute atomic E-state index is 0.520. The molecule has 0 fully saturated rings. The van der Waals surface area contributed by atoms with Crippen LogP contribution < -0.4 is 10.1 Å². The lowest BCUT2D eigenvalue weighted by Gasteiger charge is -2.13. The third-order valence-corrected chi connectivity index (χ3v) is 3.36. The van der Waals surface area contributed by atoms with Crippen molar-refractivity contribution in [3.05, 3.63) is 29.3 Å². The molecule has 0 saturated heterocycles. The zero-order chi connectivity index (χ0) is 15.5. The maximum absolute atomic E-state index is 5.82. The van der Waals surface area contributed by atoms with Gasteiger partial charge in [-0.2, -0.15) is 0 Å². The Kier molecular flexibility index (Phi) is 9.06. The van der Waals surface area contributed by atoms with E-state index in [1.807, 2.05) is 0 Å². The van der Waals surface area contributed by atoms with Crippen molar-refractivity contribution in [1.29, 1.82) is 0 Å². The average molecular weight is 296 g/mol. The molecule has 2 N–H and O–H groups in total. The predicted molar refractivity (Wildman–Crippen MR) is 85.1 cm³/mol. The Morgan fingerprint density at radius 3 is 2.52 bits per heavy atom. The Balaban J connectivity index is 2.16. The summed E-state index contributed by atoms with van der Waals surface area (Å²) < 4.78 is 16.4. The summed E-state index contributed by atoms with van der Waals surface area (Å²) >= 11 is 0. The monoisotopic (exact) mass is 296 g/mol. The SMILES string of the molecule is COCC[NH2+]CCOCCOc1cc(C(C)C)ccc1C. The summed E-state index contributed by atoms with van der Waals surface area (Å²) in [7, 11) is 1.72. The van der Waals surface area contributed by atoms with Gasteiger partial charge in [-0.3, -0.25) is 0 Å². The number of nitrogens with two attached hydrogens (primary N) is 1. The first-order chi connectivity index (χ1) is 10.1. The Morgan fingerprint density at radius 1 is 1.05 bits per heavy atom. The molecule has 0 aliphatic rings. The fraction of sp³-hybridized carbons (Fsp3) is 0.647. The van der Waals surface area contributed by atoms with Crippen LogP contribution in [-0.2, 0) is 9.47 Å². The normalized spacial score (nSPS) is 11.1. The molecule has 0 bridgehead atoms. The Bertz CT molecular complexity index is 394. The van der Waals surface area contributed by atoms with Crippen LogP contribution in [0.15, 0.2) is 18.2 Å². The van der Waals surface area contributed by atoms with Gasteiger partial charge in [0.15, 0.2) is 0 Å². The Hall–Kier alpha value is -1.10. The molecule has 21 heavy (non-hydrogen) atoms. The first-order valence-electron chi connectivity index (χ1n) is 7.76. The lowest BCUT2D eigenvalue weighted by atomic mass is 10.0. The highest BCUT2D eigenvalue weighted by molar-refractivity contribution is 5.37. The zero-order valence-corrected chi connectivity index (χ0v) is 13.9. The van der Waals surface area contributed by atoms with Crippen molar-refractivity contribution in [3.63, 3.8) is 0 Å². The fourth-order valence-electron chi connectivity index (χ4n) is 1.96. The summed E-state index contributed by atoms with van der Waals surface area (Å²) in [5.74, 6) is 1.49. The molecule has 4 heteroatoms. The third kappa shape index (κ3) is 7.46. The predicted octanol–water partition coefficient (Wildman–Crippen LogP) is 1.72. The second kappa shape index (κ2) is 10.6. The Labute approximate surface area is 128 Å². The molecule has 0 saturated carbocycles. The molecule has 0 radical (unpaired) electrons. The van der Waals surface area contributed by atoms with Crippen LogP contribution in [0.1, 0.15) is 30.9 Å². The molecule has 120 valence electrons. The van der Waals surface area contributed by atoms with E-state index in [1.165, 1.54) is 11.1 Å². The molecule has 0 unspecified atom stereocenters. The molecule has 0 aliphatic heterocycles. The molecule has 4 nitrogen and oxygen atoms in total. The highest BCUT2D eigenvalue weighted by atomic mass is 16.5. The van der Waals surface area contributed by atoms with Gasteiger partial charge in [0.1, 0.15) is 12.4 Å². The minimum Gasteiger partial charge on any atom is -0.491 e. The minimum atomic E-state index is 0.520. The van der Waals surface area contributed by atoms with Gasteiger partial charge >= 0.3 is 0 Å². The van der Waals surface area contributed by atoms with Gasteiger partial charge in [0.25, 0.3) is 0 Å². The van der Waals surface area contributed by atoms with Crippen molar-refractivity contribution < 1.29 is 19.5 Å². The first kappa shape index (κ1) is 18.0. The molecular weight excluding hydrogens is 266 g/mol. The van der Waals surface area contributed by atoms with E-state index in [9.17, 15) is 0 Å². The lowest BCUT2D eigenvalue weighted by Crippen LogP contribution is -2.86. The van der Waals surface area contributed by atoms with Gasteiger partial charge in [-0.1, -0.05) is 26.0 Å². The van der Waals surface area contributed by atoms with E-state index in [4.69, 9.17) is 14.2 Å². The molecular formula is C17H30NO3+. The quantitative estimate of drug-likeness (QED) is 0.632. The number of aryl methyl sites for hydroxylation is 1. The van der Waals surface area contributed by atoms with E-state index in [0.717, 1.165) is 32.1 Å². The highest BCUT2D eigenvalue weighted by Gasteiger charge is 2.04. The first-order valence-corrected chi connectivity index (χ1v) is 7.76. The van der Waals surface area contributed by atoms with E-state index < -0.39 is 0 Å². The van der Waals surface area contributed by atoms with Gasteiger partial charge in [-0.15, -0.1) is 0 Å². The summed E-state index contributed by atoms with van der Waals surface area (Å²) in [4.78, 5) is 0. The van der Waals surface area contributed by atoms with Gasteiger partial charge in [0.2, 0.25) is 0 Å². The van der Waals surface area contributed by atoms with Crippen LogP contribution in [0.5, 0.6) is 5.75 Å². The van der Waals surface area contributed by atoms with E-state index in [0.29, 0.717) is 19.1 Å². The van der Waals surface area contributed by atoms with Gasteiger partial charge in [0, 0.05) is 7.11 Å². The number of hydrogen-bond donors (Lipinski definition) is 1. The summed E-state index contributed by atoms with van der Waals surface area (Å²) in [6.07, 6.45) is 0. The third-order valence-electron chi connectivity index (χ3n) is 3.36. The van der Waals surface area contributed by atoms with E-state index in [1.54, 1.807) is 7.11 Å². The van der Waals surface area contributed by atoms with Crippen LogP contribution in [0.4, 0.5) is 0 Å². The average Bonchev–Trinajstić information content (AvgIpc) is 2.47. The van der Waals surface area contributed by atoms with E-state index in [-0.39, 0.29) is 0 Å². The number of quaternary nitrogens is 1. The fourth-order valence-corrected chi connectivity index (χ4v) is 1.96. The highest BCUT2D eigenvalue weighted by Crippen LogP contribution is 2.24. The summed E-state index contributed by atoms with van der Waals surface area (Å²) in [6, 6.07) is 6.42. The van der Waals surface area contributed by atoms with Gasteiger partial charge in [-0.05, 0) is 30.0 Å². The summed E-state index contributed by atoms with van der Waals surface area (Å²) in [6.45, 7) is 11.2. The van der Waals surface area contributed by atoms with Crippen LogP contribution in [0, 0.1) is 6.92 Å². The number of hydrogen-bond acceptors (Lipinski definition) is 3. The van der Waals surface area contributed by atoms with Crippen molar-refractivity contribution >= 4 is 0 Å². The molecule has 0 amide bonds. The maximum Gasteiger partial charge on any atom is 0.122 e. The molecule has 1 rings (SSSR count). The molecule has 0 heterocycles. The molecule has 1 aromatic carbocycles. The lowest BCUT2D eigenvalue weighted by molar-refractivity contribution is -0.657. The number of rotatable bonds is 11. The second-order valence-corrected chi connectivity index (χ2v) is 5.50. The van der Waals surface area contributed by atoms with Crippen molar-refractivity contribution in [2.24, 2.45) is 0 Å². The topological polar surface area (TPSA) is 44.3 Å². The van der Waals surface area contributed by atoms with Crippen molar-refractivity contribution in [3.8, 4) is 5.75 Å². The largest absolute Gasteiger partial charge is 0.491 e. The number of ether oxygens (including phenoxy) is 3. The second-order valence-electron chi connectivity index (χ2n) is 5.50. The van der Waals surface area contributed by atoms with Gasteiger partial charge < -0.3 is 19.5 Å². The number of benzene rings is 1. The summed E-state index contributed by atoms with van der Waals surface area (Å²) in [5.41, 5.74) is 2.48. The smallest absolute Gasteiger partial charge is 0.122 e. The van der Waals surface area contributed by atoms with Crippen LogP contribution >= 0.6 is 0 Å². The van der Waals surface area contributed by atoms with Crippen LogP contribution in [0.3, 0.4) is 0 Å². The summed E-state index contributed by atoms with van der Waals surface area (Å²) in [5, 5.41) is 2.20. The van der Waals surface area contributed by atoms with Crippen LogP contribution in [-0.4, -0.2) is 46.6 Å². The molecule has 0 spiro atoms. The standard InChI is InChI=1S/C17H29NO3/c1-14(2)16-6-5-15(3)17(13-16)21-12-11-20-10-8-18-7-9-19-4/h5-6,13-14,18H,7-12H2,1-4H3/p+1. The van der Waals surface area contributed by atoms with Crippen molar-refractivity contribution in [2.45, 2.75) is 26.7 Å². The molecule has 1 aromatic rings. The van der Waals surface area contributed by atoms with Crippen LogP contribution in [0.25, 0.3) is 0 Å². The van der Waals surface area contributed by atoms with Gasteiger partial charge in [0.05, 0.1) is 32.9 Å². The van der Waals surface area contributed by atoms with Crippen molar-refractivity contribution in [2.75, 3.05) is 46.6 Å². The number of methoxy groups -OCH3 is 1. The van der Waals surface area contributed by atoms with Crippen LogP contribution in [0.2, 0.25) is 0 Å². The molecule has 0 atom stereocenters. The Morgan fingerprint density at radius 2 is 1.81 bits per heavy atom. The van der Waals surface area contributed by atoms with E-state index in [2.05, 4.69) is 44.3 Å². The van der Waals surface area contributed by atoms with Crippen molar-refractivity contribution in [1.82, 2.24) is 0 Å².